The fourth-order valence-corrected chi connectivity index (χ4v) is 4.33. The normalized spacial score (nSPS) is 11.2. The molecule has 0 N–H and O–H groups in total. The summed E-state index contributed by atoms with van der Waals surface area (Å²) in [6.07, 6.45) is 0.847. The van der Waals surface area contributed by atoms with Crippen LogP contribution < -0.4 is 9.64 Å². The van der Waals surface area contributed by atoms with Crippen molar-refractivity contribution in [2.45, 2.75) is 13.3 Å². The van der Waals surface area contributed by atoms with Crippen molar-refractivity contribution in [2.24, 2.45) is 0 Å². The van der Waals surface area contributed by atoms with Crippen molar-refractivity contribution in [1.29, 1.82) is 0 Å². The molecule has 28 heavy (non-hydrogen) atoms. The maximum absolute atomic E-state index is 12.9. The molecule has 0 fully saturated rings. The molecular weight excluding hydrogens is 394 g/mol. The number of aromatic nitrogens is 1. The van der Waals surface area contributed by atoms with Crippen LogP contribution in [0.4, 0.5) is 5.13 Å². The Morgan fingerprint density at radius 1 is 1.18 bits per heavy atom. The van der Waals surface area contributed by atoms with Crippen LogP contribution >= 0.6 is 22.9 Å². The van der Waals surface area contributed by atoms with E-state index in [1.807, 2.05) is 63.5 Å². The molecule has 148 valence electrons. The first-order valence-electron chi connectivity index (χ1n) is 9.13. The van der Waals surface area contributed by atoms with Crippen molar-refractivity contribution in [2.75, 3.05) is 38.7 Å². The van der Waals surface area contributed by atoms with E-state index in [2.05, 4.69) is 4.90 Å². The Bertz CT molecular complexity index is 943. The van der Waals surface area contributed by atoms with Gasteiger partial charge in [0, 0.05) is 11.6 Å². The first kappa shape index (κ1) is 20.6. The zero-order valence-electron chi connectivity index (χ0n) is 16.3. The number of thiazole rings is 1. The van der Waals surface area contributed by atoms with Crippen molar-refractivity contribution >= 4 is 44.2 Å². The van der Waals surface area contributed by atoms with Gasteiger partial charge < -0.3 is 9.64 Å². The van der Waals surface area contributed by atoms with Crippen LogP contribution in [0.1, 0.15) is 12.0 Å². The summed E-state index contributed by atoms with van der Waals surface area (Å²) >= 11 is 7.67. The predicted molar refractivity (Wildman–Crippen MR) is 117 cm³/mol. The summed E-state index contributed by atoms with van der Waals surface area (Å²) in [6, 6.07) is 13.2. The number of rotatable bonds is 8. The summed E-state index contributed by atoms with van der Waals surface area (Å²) in [5.74, 6) is 0.571. The van der Waals surface area contributed by atoms with Gasteiger partial charge in [-0.1, -0.05) is 41.1 Å². The summed E-state index contributed by atoms with van der Waals surface area (Å²) in [5.41, 5.74) is 1.89. The van der Waals surface area contributed by atoms with Gasteiger partial charge in [0.1, 0.15) is 5.75 Å². The molecule has 0 spiro atoms. The van der Waals surface area contributed by atoms with E-state index in [9.17, 15) is 4.79 Å². The smallest absolute Gasteiger partial charge is 0.266 e. The van der Waals surface area contributed by atoms with E-state index in [1.54, 1.807) is 4.90 Å². The summed E-state index contributed by atoms with van der Waals surface area (Å²) in [7, 11) is 4.04. The molecule has 0 atom stereocenters. The van der Waals surface area contributed by atoms with Crippen molar-refractivity contribution in [3.05, 3.63) is 53.1 Å². The van der Waals surface area contributed by atoms with Gasteiger partial charge in [-0.25, -0.2) is 4.98 Å². The van der Waals surface area contributed by atoms with Crippen molar-refractivity contribution in [3.8, 4) is 5.75 Å². The second-order valence-corrected chi connectivity index (χ2v) is 8.32. The zero-order valence-corrected chi connectivity index (χ0v) is 17.9. The number of hydrogen-bond acceptors (Lipinski definition) is 5. The number of ether oxygens (including phenoxy) is 1. The molecule has 0 unspecified atom stereocenters. The topological polar surface area (TPSA) is 45.7 Å². The number of benzene rings is 2. The minimum Gasteiger partial charge on any atom is -0.484 e. The van der Waals surface area contributed by atoms with Gasteiger partial charge in [-0.2, -0.15) is 0 Å². The van der Waals surface area contributed by atoms with Gasteiger partial charge in [0.15, 0.2) is 11.7 Å². The van der Waals surface area contributed by atoms with Gasteiger partial charge in [0.05, 0.1) is 10.2 Å². The lowest BCUT2D eigenvalue weighted by molar-refractivity contribution is -0.120. The van der Waals surface area contributed by atoms with Crippen molar-refractivity contribution < 1.29 is 9.53 Å². The number of carbonyl (C=O) groups excluding carboxylic acids is 1. The molecule has 0 aliphatic heterocycles. The molecule has 0 aliphatic carbocycles. The highest BCUT2D eigenvalue weighted by Gasteiger charge is 2.21. The highest BCUT2D eigenvalue weighted by atomic mass is 35.5. The Morgan fingerprint density at radius 2 is 1.93 bits per heavy atom. The minimum atomic E-state index is -0.106. The molecule has 1 heterocycles. The average Bonchev–Trinajstić information content (AvgIpc) is 3.08. The molecule has 3 rings (SSSR count). The van der Waals surface area contributed by atoms with Crippen LogP contribution in [0.15, 0.2) is 42.5 Å². The SMILES string of the molecule is Cc1cc(Cl)cc2sc(N(CCCN(C)C)C(=O)COc3ccccc3)nc12. The van der Waals surface area contributed by atoms with E-state index in [0.717, 1.165) is 28.7 Å². The molecule has 0 bridgehead atoms. The third kappa shape index (κ3) is 5.22. The van der Waals surface area contributed by atoms with E-state index in [4.69, 9.17) is 21.3 Å². The van der Waals surface area contributed by atoms with Crippen molar-refractivity contribution in [1.82, 2.24) is 9.88 Å². The van der Waals surface area contributed by atoms with E-state index in [1.165, 1.54) is 11.3 Å². The number of amides is 1. The van der Waals surface area contributed by atoms with E-state index in [-0.39, 0.29) is 12.5 Å². The lowest BCUT2D eigenvalue weighted by Gasteiger charge is -2.21. The van der Waals surface area contributed by atoms with Crippen molar-refractivity contribution in [3.63, 3.8) is 0 Å². The largest absolute Gasteiger partial charge is 0.484 e. The Hall–Kier alpha value is -2.15. The van der Waals surface area contributed by atoms with Crippen LogP contribution in [0, 0.1) is 6.92 Å². The second-order valence-electron chi connectivity index (χ2n) is 6.87. The van der Waals surface area contributed by atoms with Crippen LogP contribution in [0.3, 0.4) is 0 Å². The van der Waals surface area contributed by atoms with Gasteiger partial charge in [0.25, 0.3) is 5.91 Å². The maximum atomic E-state index is 12.9. The number of fused-ring (bicyclic) bond motifs is 1. The summed E-state index contributed by atoms with van der Waals surface area (Å²) < 4.78 is 6.65. The molecule has 1 aromatic heterocycles. The van der Waals surface area contributed by atoms with Gasteiger partial charge in [-0.05, 0) is 63.8 Å². The quantitative estimate of drug-likeness (QED) is 0.536. The number of aryl methyl sites for hydroxylation is 1. The highest BCUT2D eigenvalue weighted by Crippen LogP contribution is 2.33. The van der Waals surface area contributed by atoms with E-state index < -0.39 is 0 Å². The van der Waals surface area contributed by atoms with Gasteiger partial charge in [-0.3, -0.25) is 9.69 Å². The summed E-state index contributed by atoms with van der Waals surface area (Å²) in [5, 5.41) is 1.36. The molecule has 0 aliphatic rings. The van der Waals surface area contributed by atoms with Crippen LogP contribution in [-0.4, -0.2) is 49.6 Å². The summed E-state index contributed by atoms with van der Waals surface area (Å²) in [4.78, 5) is 21.5. The number of halogens is 1. The molecule has 0 radical (unpaired) electrons. The molecule has 7 heteroatoms. The van der Waals surface area contributed by atoms with E-state index >= 15 is 0 Å². The predicted octanol–water partition coefficient (Wildman–Crippen LogP) is 4.62. The Labute approximate surface area is 174 Å². The average molecular weight is 418 g/mol. The van der Waals surface area contributed by atoms with Gasteiger partial charge in [0.2, 0.25) is 0 Å². The lowest BCUT2D eigenvalue weighted by Crippen LogP contribution is -2.36. The number of carbonyl (C=O) groups is 1. The minimum absolute atomic E-state index is 0.0261. The van der Waals surface area contributed by atoms with Gasteiger partial charge in [-0.15, -0.1) is 0 Å². The zero-order chi connectivity index (χ0) is 20.1. The Kier molecular flexibility index (Phi) is 6.88. The first-order valence-corrected chi connectivity index (χ1v) is 10.3. The molecule has 1 amide bonds. The molecule has 2 aromatic carbocycles. The Morgan fingerprint density at radius 3 is 2.64 bits per heavy atom. The second kappa shape index (κ2) is 9.37. The first-order chi connectivity index (χ1) is 13.4. The fraction of sp³-hybridized carbons (Fsp3) is 0.333. The van der Waals surface area contributed by atoms with Gasteiger partial charge >= 0.3 is 0 Å². The third-order valence-corrected chi connectivity index (χ3v) is 5.51. The van der Waals surface area contributed by atoms with E-state index in [0.29, 0.717) is 22.4 Å². The molecular formula is C21H24ClN3O2S. The van der Waals surface area contributed by atoms with Crippen LogP contribution in [0.2, 0.25) is 5.02 Å². The third-order valence-electron chi connectivity index (χ3n) is 4.26. The maximum Gasteiger partial charge on any atom is 0.266 e. The molecule has 5 nitrogen and oxygen atoms in total. The molecule has 0 saturated heterocycles. The molecule has 3 aromatic rings. The lowest BCUT2D eigenvalue weighted by atomic mass is 10.2. The fourth-order valence-electron chi connectivity index (χ4n) is 2.87. The monoisotopic (exact) mass is 417 g/mol. The highest BCUT2D eigenvalue weighted by molar-refractivity contribution is 7.22. The number of nitrogens with zero attached hydrogens (tertiary/aromatic N) is 3. The van der Waals surface area contributed by atoms with Crippen LogP contribution in [-0.2, 0) is 4.79 Å². The molecule has 0 saturated carbocycles. The number of anilines is 1. The Balaban J connectivity index is 1.81. The number of hydrogen-bond donors (Lipinski definition) is 0. The van der Waals surface area contributed by atoms with Crippen LogP contribution in [0.25, 0.3) is 10.2 Å². The van der Waals surface area contributed by atoms with Crippen LogP contribution in [0.5, 0.6) is 5.75 Å². The number of para-hydroxylation sites is 1. The summed E-state index contributed by atoms with van der Waals surface area (Å²) in [6.45, 7) is 3.43. The standard InChI is InChI=1S/C21H24ClN3O2S/c1-15-12-16(22)13-18-20(15)23-21(28-18)25(11-7-10-24(2)3)19(26)14-27-17-8-5-4-6-9-17/h4-6,8-9,12-13H,7,10-11,14H2,1-3H3.